The first-order valence-electron chi connectivity index (χ1n) is 10.6. The zero-order valence-corrected chi connectivity index (χ0v) is 17.5. The van der Waals surface area contributed by atoms with Crippen molar-refractivity contribution in [3.05, 3.63) is 77.0 Å². The van der Waals surface area contributed by atoms with Gasteiger partial charge in [-0.3, -0.25) is 4.90 Å². The molecule has 2 atom stereocenters. The molecule has 176 valence electrons. The van der Waals surface area contributed by atoms with E-state index in [1.54, 1.807) is 0 Å². The van der Waals surface area contributed by atoms with Gasteiger partial charge in [0.1, 0.15) is 5.69 Å². The highest BCUT2D eigenvalue weighted by molar-refractivity contribution is 5.86. The zero-order valence-electron chi connectivity index (χ0n) is 17.5. The number of rotatable bonds is 4. The Morgan fingerprint density at radius 2 is 1.67 bits per heavy atom. The van der Waals surface area contributed by atoms with Crippen LogP contribution in [0.3, 0.4) is 0 Å². The van der Waals surface area contributed by atoms with Gasteiger partial charge in [0.25, 0.3) is 0 Å². The molecule has 0 bridgehead atoms. The van der Waals surface area contributed by atoms with E-state index in [2.05, 4.69) is 4.98 Å². The fourth-order valence-corrected chi connectivity index (χ4v) is 4.49. The van der Waals surface area contributed by atoms with Crippen LogP contribution >= 0.6 is 0 Å². The van der Waals surface area contributed by atoms with E-state index >= 15 is 0 Å². The number of nitrogens with zero attached hydrogens (tertiary/aromatic N) is 2. The quantitative estimate of drug-likeness (QED) is 0.453. The summed E-state index contributed by atoms with van der Waals surface area (Å²) >= 11 is 0. The molecule has 1 aliphatic rings. The van der Waals surface area contributed by atoms with Gasteiger partial charge in [0.05, 0.1) is 17.2 Å². The third-order valence-corrected chi connectivity index (χ3v) is 6.04. The minimum absolute atomic E-state index is 0.129. The van der Waals surface area contributed by atoms with Crippen molar-refractivity contribution in [1.29, 1.82) is 0 Å². The monoisotopic (exact) mass is 468 g/mol. The number of aliphatic hydroxyl groups excluding tert-OH is 1. The first-order chi connectivity index (χ1) is 15.6. The molecule has 0 amide bonds. The van der Waals surface area contributed by atoms with E-state index in [0.29, 0.717) is 31.6 Å². The molecule has 1 fully saturated rings. The summed E-state index contributed by atoms with van der Waals surface area (Å²) < 4.78 is 81.3. The Hall–Kier alpha value is -2.65. The summed E-state index contributed by atoms with van der Waals surface area (Å²) in [6.07, 6.45) is -9.13. The second-order valence-corrected chi connectivity index (χ2v) is 8.26. The minimum atomic E-state index is -4.96. The largest absolute Gasteiger partial charge is 0.433 e. The second kappa shape index (κ2) is 8.95. The van der Waals surface area contributed by atoms with E-state index in [-0.39, 0.29) is 10.9 Å². The Balaban J connectivity index is 1.81. The van der Waals surface area contributed by atoms with Crippen LogP contribution in [-0.4, -0.2) is 27.6 Å². The number of benzene rings is 2. The number of halogens is 6. The fraction of sp³-hybridized carbons (Fsp3) is 0.375. The summed E-state index contributed by atoms with van der Waals surface area (Å²) in [7, 11) is 0. The van der Waals surface area contributed by atoms with Gasteiger partial charge in [-0.05, 0) is 42.6 Å². The van der Waals surface area contributed by atoms with Crippen molar-refractivity contribution in [3.63, 3.8) is 0 Å². The van der Waals surface area contributed by atoms with Gasteiger partial charge in [-0.2, -0.15) is 26.3 Å². The van der Waals surface area contributed by atoms with Gasteiger partial charge in [0.2, 0.25) is 0 Å². The van der Waals surface area contributed by atoms with E-state index < -0.39 is 41.3 Å². The lowest BCUT2D eigenvalue weighted by Gasteiger charge is -2.39. The number of aliphatic hydroxyl groups is 1. The molecule has 4 rings (SSSR count). The fourth-order valence-electron chi connectivity index (χ4n) is 4.49. The standard InChI is InChI=1S/C24H22F6N2O/c25-23(26,27)18-10-6-9-16-17(13-20(24(28,29)30)31-21(16)18)22(33)19-11-4-5-12-32(19)14-15-7-2-1-3-8-15/h1-3,6-10,13,19,22,33H,4-5,11-12,14H2/t19-,22?/m1/s1. The van der Waals surface area contributed by atoms with Gasteiger partial charge >= 0.3 is 12.4 Å². The minimum Gasteiger partial charge on any atom is -0.387 e. The maximum atomic E-state index is 13.6. The van der Waals surface area contributed by atoms with Gasteiger partial charge < -0.3 is 5.11 Å². The molecule has 0 radical (unpaired) electrons. The third kappa shape index (κ3) is 4.99. The Morgan fingerprint density at radius 3 is 2.33 bits per heavy atom. The first kappa shape index (κ1) is 23.5. The molecular formula is C24H22F6N2O. The predicted molar refractivity (Wildman–Crippen MR) is 111 cm³/mol. The smallest absolute Gasteiger partial charge is 0.387 e. The molecule has 0 saturated carbocycles. The summed E-state index contributed by atoms with van der Waals surface area (Å²) in [6.45, 7) is 1.10. The lowest BCUT2D eigenvalue weighted by Crippen LogP contribution is -2.42. The summed E-state index contributed by atoms with van der Waals surface area (Å²) in [4.78, 5) is 5.30. The summed E-state index contributed by atoms with van der Waals surface area (Å²) in [5.74, 6) is 0. The highest BCUT2D eigenvalue weighted by atomic mass is 19.4. The first-order valence-corrected chi connectivity index (χ1v) is 10.6. The van der Waals surface area contributed by atoms with Crippen molar-refractivity contribution in [2.75, 3.05) is 6.54 Å². The van der Waals surface area contributed by atoms with Crippen LogP contribution in [0.4, 0.5) is 26.3 Å². The van der Waals surface area contributed by atoms with E-state index in [4.69, 9.17) is 0 Å². The predicted octanol–water partition coefficient (Wildman–Crippen LogP) is 6.36. The highest BCUT2D eigenvalue weighted by Gasteiger charge is 2.39. The van der Waals surface area contributed by atoms with Crippen LogP contribution in [0.5, 0.6) is 0 Å². The molecule has 0 spiro atoms. The maximum Gasteiger partial charge on any atom is 0.433 e. The van der Waals surface area contributed by atoms with E-state index in [0.717, 1.165) is 24.5 Å². The van der Waals surface area contributed by atoms with Crippen molar-refractivity contribution in [3.8, 4) is 0 Å². The molecule has 1 saturated heterocycles. The molecule has 2 heterocycles. The van der Waals surface area contributed by atoms with Gasteiger partial charge in [-0.25, -0.2) is 4.98 Å². The lowest BCUT2D eigenvalue weighted by molar-refractivity contribution is -0.142. The molecule has 3 aromatic rings. The number of hydrogen-bond donors (Lipinski definition) is 1. The van der Waals surface area contributed by atoms with Crippen LogP contribution in [0, 0.1) is 0 Å². The molecule has 1 unspecified atom stereocenters. The van der Waals surface area contributed by atoms with Crippen LogP contribution in [0.25, 0.3) is 10.9 Å². The highest BCUT2D eigenvalue weighted by Crippen LogP contribution is 2.41. The SMILES string of the molecule is OC(c1cc(C(F)(F)F)nc2c(C(F)(F)F)cccc12)[C@H]1CCCCN1Cc1ccccc1. The van der Waals surface area contributed by atoms with E-state index in [9.17, 15) is 31.4 Å². The summed E-state index contributed by atoms with van der Waals surface area (Å²) in [5.41, 5.74) is -2.73. The number of hydrogen-bond acceptors (Lipinski definition) is 3. The van der Waals surface area contributed by atoms with Crippen LogP contribution in [0.15, 0.2) is 54.6 Å². The second-order valence-electron chi connectivity index (χ2n) is 8.26. The molecular weight excluding hydrogens is 446 g/mol. The van der Waals surface area contributed by atoms with E-state index in [1.807, 2.05) is 35.2 Å². The number of alkyl halides is 6. The number of pyridine rings is 1. The van der Waals surface area contributed by atoms with Crippen molar-refractivity contribution in [2.24, 2.45) is 0 Å². The van der Waals surface area contributed by atoms with Gasteiger partial charge in [-0.1, -0.05) is 48.9 Å². The number of piperidine rings is 1. The molecule has 3 nitrogen and oxygen atoms in total. The van der Waals surface area contributed by atoms with E-state index in [1.165, 1.54) is 6.07 Å². The Morgan fingerprint density at radius 1 is 0.939 bits per heavy atom. The van der Waals surface area contributed by atoms with Crippen LogP contribution in [0.2, 0.25) is 0 Å². The molecule has 2 aromatic carbocycles. The Kier molecular flexibility index (Phi) is 6.37. The summed E-state index contributed by atoms with van der Waals surface area (Å²) in [5, 5.41) is 11.1. The lowest BCUT2D eigenvalue weighted by atomic mass is 9.90. The third-order valence-electron chi connectivity index (χ3n) is 6.04. The molecule has 1 aromatic heterocycles. The van der Waals surface area contributed by atoms with Gasteiger partial charge in [-0.15, -0.1) is 0 Å². The molecule has 1 aliphatic heterocycles. The van der Waals surface area contributed by atoms with Crippen molar-refractivity contribution >= 4 is 10.9 Å². The van der Waals surface area contributed by atoms with Crippen LogP contribution < -0.4 is 0 Å². The molecule has 0 aliphatic carbocycles. The van der Waals surface area contributed by atoms with Crippen molar-refractivity contribution in [2.45, 2.75) is 50.3 Å². The Bertz CT molecular complexity index is 1110. The number of aromatic nitrogens is 1. The average Bonchev–Trinajstić information content (AvgIpc) is 2.77. The number of likely N-dealkylation sites (tertiary alicyclic amines) is 1. The maximum absolute atomic E-state index is 13.6. The van der Waals surface area contributed by atoms with Crippen molar-refractivity contribution in [1.82, 2.24) is 9.88 Å². The Labute approximate surface area is 186 Å². The van der Waals surface area contributed by atoms with Gasteiger partial charge in [0.15, 0.2) is 0 Å². The topological polar surface area (TPSA) is 36.4 Å². The van der Waals surface area contributed by atoms with Crippen LogP contribution in [-0.2, 0) is 18.9 Å². The molecule has 9 heteroatoms. The molecule has 33 heavy (non-hydrogen) atoms. The number of fused-ring (bicyclic) bond motifs is 1. The zero-order chi connectivity index (χ0) is 23.8. The molecule has 1 N–H and O–H groups in total. The van der Waals surface area contributed by atoms with Gasteiger partial charge in [0, 0.05) is 18.0 Å². The normalized spacial score (nSPS) is 19.1. The summed E-state index contributed by atoms with van der Waals surface area (Å²) in [6, 6.07) is 12.7. The average molecular weight is 468 g/mol. The van der Waals surface area contributed by atoms with Crippen LogP contribution in [0.1, 0.15) is 47.8 Å². The van der Waals surface area contributed by atoms with Crippen molar-refractivity contribution < 1.29 is 31.4 Å². The number of para-hydroxylation sites is 1.